The van der Waals surface area contributed by atoms with Crippen LogP contribution in [-0.4, -0.2) is 29.3 Å². The molecule has 0 saturated carbocycles. The average Bonchev–Trinajstić information content (AvgIpc) is 2.77. The zero-order valence-corrected chi connectivity index (χ0v) is 10.3. The maximum atomic E-state index is 11.9. The smallest absolute Gasteiger partial charge is 0.308 e. The van der Waals surface area contributed by atoms with E-state index in [9.17, 15) is 14.5 Å². The molecule has 0 aromatic carbocycles. The summed E-state index contributed by atoms with van der Waals surface area (Å²) in [6.45, 7) is 4.47. The SMILES string of the molecule is CCC/C(C)=C/C(=O)N1CCCC1C(=O)N=O. The highest BCUT2D eigenvalue weighted by molar-refractivity contribution is 5.94. The summed E-state index contributed by atoms with van der Waals surface area (Å²) >= 11 is 0. The molecular formula is C12H18N2O3. The Labute approximate surface area is 101 Å². The molecule has 5 heteroatoms. The second-order valence-electron chi connectivity index (χ2n) is 4.36. The quantitative estimate of drug-likeness (QED) is 0.556. The molecular weight excluding hydrogens is 220 g/mol. The van der Waals surface area contributed by atoms with Crippen LogP contribution in [0.15, 0.2) is 16.8 Å². The molecule has 0 N–H and O–H groups in total. The summed E-state index contributed by atoms with van der Waals surface area (Å²) in [6.07, 6.45) is 4.69. The molecule has 2 amide bonds. The van der Waals surface area contributed by atoms with Crippen molar-refractivity contribution in [1.29, 1.82) is 0 Å². The Balaban J connectivity index is 2.71. The largest absolute Gasteiger partial charge is 0.327 e. The van der Waals surface area contributed by atoms with Gasteiger partial charge in [0.15, 0.2) is 0 Å². The molecule has 1 aliphatic rings. The van der Waals surface area contributed by atoms with E-state index in [1.807, 2.05) is 13.8 Å². The lowest BCUT2D eigenvalue weighted by Gasteiger charge is -2.19. The number of hydrogen-bond acceptors (Lipinski definition) is 3. The normalized spacial score (nSPS) is 20.5. The van der Waals surface area contributed by atoms with Gasteiger partial charge in [-0.15, -0.1) is 4.91 Å². The molecule has 1 atom stereocenters. The topological polar surface area (TPSA) is 66.8 Å². The lowest BCUT2D eigenvalue weighted by atomic mass is 10.1. The number of amides is 2. The number of allylic oxidation sites excluding steroid dienone is 1. The van der Waals surface area contributed by atoms with Gasteiger partial charge >= 0.3 is 5.91 Å². The predicted molar refractivity (Wildman–Crippen MR) is 64.2 cm³/mol. The van der Waals surface area contributed by atoms with E-state index in [1.54, 1.807) is 6.08 Å². The molecule has 0 aromatic rings. The summed E-state index contributed by atoms with van der Waals surface area (Å²) in [5.41, 5.74) is 0.995. The van der Waals surface area contributed by atoms with E-state index in [0.717, 1.165) is 24.8 Å². The predicted octanol–water partition coefficient (Wildman–Crippen LogP) is 2.02. The van der Waals surface area contributed by atoms with Crippen molar-refractivity contribution >= 4 is 11.8 Å². The van der Waals surface area contributed by atoms with Gasteiger partial charge in [-0.3, -0.25) is 9.59 Å². The summed E-state index contributed by atoms with van der Waals surface area (Å²) < 4.78 is 0. The molecule has 0 bridgehead atoms. The molecule has 1 unspecified atom stereocenters. The molecule has 1 heterocycles. The monoisotopic (exact) mass is 238 g/mol. The Morgan fingerprint density at radius 3 is 2.76 bits per heavy atom. The van der Waals surface area contributed by atoms with Crippen molar-refractivity contribution in [1.82, 2.24) is 4.90 Å². The highest BCUT2D eigenvalue weighted by atomic mass is 16.3. The third kappa shape index (κ3) is 3.47. The summed E-state index contributed by atoms with van der Waals surface area (Å²) in [7, 11) is 0. The fourth-order valence-electron chi connectivity index (χ4n) is 2.11. The van der Waals surface area contributed by atoms with Crippen LogP contribution >= 0.6 is 0 Å². The van der Waals surface area contributed by atoms with Gasteiger partial charge in [0, 0.05) is 17.8 Å². The van der Waals surface area contributed by atoms with E-state index >= 15 is 0 Å². The van der Waals surface area contributed by atoms with Crippen LogP contribution in [0.1, 0.15) is 39.5 Å². The minimum atomic E-state index is -0.739. The lowest BCUT2D eigenvalue weighted by molar-refractivity contribution is -0.133. The first-order chi connectivity index (χ1) is 8.10. The molecule has 5 nitrogen and oxygen atoms in total. The highest BCUT2D eigenvalue weighted by Gasteiger charge is 2.33. The molecule has 1 fully saturated rings. The van der Waals surface area contributed by atoms with E-state index in [1.165, 1.54) is 4.90 Å². The first-order valence-corrected chi connectivity index (χ1v) is 5.95. The molecule has 1 saturated heterocycles. The summed E-state index contributed by atoms with van der Waals surface area (Å²) in [5, 5.41) is 2.42. The minimum absolute atomic E-state index is 0.185. The van der Waals surface area contributed by atoms with Crippen molar-refractivity contribution in [2.45, 2.75) is 45.6 Å². The fourth-order valence-corrected chi connectivity index (χ4v) is 2.11. The fraction of sp³-hybridized carbons (Fsp3) is 0.667. The van der Waals surface area contributed by atoms with Gasteiger partial charge in [-0.2, -0.15) is 0 Å². The molecule has 94 valence electrons. The zero-order chi connectivity index (χ0) is 12.8. The molecule has 17 heavy (non-hydrogen) atoms. The Morgan fingerprint density at radius 2 is 2.18 bits per heavy atom. The van der Waals surface area contributed by atoms with Crippen molar-refractivity contribution < 1.29 is 9.59 Å². The van der Waals surface area contributed by atoms with E-state index in [2.05, 4.69) is 5.18 Å². The Bertz CT molecular complexity index is 350. The Hall–Kier alpha value is -1.52. The molecule has 0 aromatic heterocycles. The van der Waals surface area contributed by atoms with Crippen LogP contribution in [0, 0.1) is 4.91 Å². The summed E-state index contributed by atoms with van der Waals surface area (Å²) in [5.74, 6) is -0.923. The second-order valence-corrected chi connectivity index (χ2v) is 4.36. The van der Waals surface area contributed by atoms with Crippen LogP contribution in [0.2, 0.25) is 0 Å². The van der Waals surface area contributed by atoms with Gasteiger partial charge < -0.3 is 4.90 Å². The van der Waals surface area contributed by atoms with Crippen LogP contribution in [0.4, 0.5) is 0 Å². The molecule has 1 rings (SSSR count). The molecule has 0 radical (unpaired) electrons. The van der Waals surface area contributed by atoms with Crippen LogP contribution in [-0.2, 0) is 9.59 Å². The molecule has 0 spiro atoms. The van der Waals surface area contributed by atoms with Gasteiger partial charge in [0.2, 0.25) is 5.91 Å². The van der Waals surface area contributed by atoms with E-state index in [0.29, 0.717) is 13.0 Å². The highest BCUT2D eigenvalue weighted by Crippen LogP contribution is 2.19. The maximum Gasteiger partial charge on any atom is 0.308 e. The van der Waals surface area contributed by atoms with Crippen molar-refractivity contribution in [3.63, 3.8) is 0 Å². The van der Waals surface area contributed by atoms with Crippen molar-refractivity contribution in [2.24, 2.45) is 5.18 Å². The van der Waals surface area contributed by atoms with Crippen molar-refractivity contribution in [3.05, 3.63) is 16.6 Å². The van der Waals surface area contributed by atoms with Gasteiger partial charge in [0.05, 0.1) is 0 Å². The number of carbonyl (C=O) groups is 2. The van der Waals surface area contributed by atoms with E-state index in [4.69, 9.17) is 0 Å². The van der Waals surface area contributed by atoms with Gasteiger partial charge in [-0.1, -0.05) is 18.9 Å². The van der Waals surface area contributed by atoms with E-state index < -0.39 is 11.9 Å². The van der Waals surface area contributed by atoms with Crippen molar-refractivity contribution in [2.75, 3.05) is 6.54 Å². The van der Waals surface area contributed by atoms with Gasteiger partial charge in [0.25, 0.3) is 0 Å². The number of likely N-dealkylation sites (tertiary alicyclic amines) is 1. The van der Waals surface area contributed by atoms with Crippen LogP contribution in [0.3, 0.4) is 0 Å². The van der Waals surface area contributed by atoms with Gasteiger partial charge in [-0.05, 0) is 26.2 Å². The van der Waals surface area contributed by atoms with Gasteiger partial charge in [-0.25, -0.2) is 0 Å². The summed E-state index contributed by atoms with van der Waals surface area (Å²) in [6, 6.07) is -0.648. The average molecular weight is 238 g/mol. The Kier molecular flexibility index (Phi) is 5.00. The molecule has 0 aliphatic carbocycles. The second kappa shape index (κ2) is 6.27. The maximum absolute atomic E-state index is 11.9. The van der Waals surface area contributed by atoms with E-state index in [-0.39, 0.29) is 5.91 Å². The lowest BCUT2D eigenvalue weighted by Crippen LogP contribution is -2.39. The third-order valence-electron chi connectivity index (χ3n) is 2.93. The van der Waals surface area contributed by atoms with Crippen LogP contribution < -0.4 is 0 Å². The zero-order valence-electron chi connectivity index (χ0n) is 10.3. The summed E-state index contributed by atoms with van der Waals surface area (Å²) in [4.78, 5) is 34.8. The van der Waals surface area contributed by atoms with Gasteiger partial charge in [0.1, 0.15) is 6.04 Å². The molecule has 1 aliphatic heterocycles. The first-order valence-electron chi connectivity index (χ1n) is 5.95. The number of hydrogen-bond donors (Lipinski definition) is 0. The number of rotatable bonds is 4. The Morgan fingerprint density at radius 1 is 1.47 bits per heavy atom. The number of nitroso groups, excluding NO2 is 1. The standard InChI is InChI=1S/C12H18N2O3/c1-3-5-9(2)8-11(15)14-7-4-6-10(14)12(16)13-17/h8,10H,3-7H2,1-2H3/b9-8+. The third-order valence-corrected chi connectivity index (χ3v) is 2.93. The number of nitrogens with zero attached hydrogens (tertiary/aromatic N) is 2. The number of carbonyl (C=O) groups excluding carboxylic acids is 2. The van der Waals surface area contributed by atoms with Crippen LogP contribution in [0.25, 0.3) is 0 Å². The van der Waals surface area contributed by atoms with Crippen molar-refractivity contribution in [3.8, 4) is 0 Å². The minimum Gasteiger partial charge on any atom is -0.327 e. The first kappa shape index (κ1) is 13.5. The van der Waals surface area contributed by atoms with Crippen LogP contribution in [0.5, 0.6) is 0 Å².